The first-order valence-electron chi connectivity index (χ1n) is 6.01. The zero-order valence-electron chi connectivity index (χ0n) is 10.3. The lowest BCUT2D eigenvalue weighted by molar-refractivity contribution is -0.123. The molecule has 0 bridgehead atoms. The highest BCUT2D eigenvalue weighted by Crippen LogP contribution is 2.44. The molecule has 0 N–H and O–H groups in total. The highest BCUT2D eigenvalue weighted by atomic mass is 32.2. The van der Waals surface area contributed by atoms with Gasteiger partial charge in [-0.05, 0) is 25.5 Å². The van der Waals surface area contributed by atoms with Gasteiger partial charge >= 0.3 is 0 Å². The first-order valence-corrected chi connectivity index (χ1v) is 6.83. The van der Waals surface area contributed by atoms with Gasteiger partial charge in [-0.2, -0.15) is 0 Å². The van der Waals surface area contributed by atoms with Gasteiger partial charge in [0.1, 0.15) is 0 Å². The highest BCUT2D eigenvalue weighted by molar-refractivity contribution is 8.00. The van der Waals surface area contributed by atoms with Crippen molar-refractivity contribution >= 4 is 11.8 Å². The Morgan fingerprint density at radius 3 is 2.50 bits per heavy atom. The molecule has 0 aromatic heterocycles. The third-order valence-corrected chi connectivity index (χ3v) is 4.95. The summed E-state index contributed by atoms with van der Waals surface area (Å²) in [6.07, 6.45) is 1.55. The molecule has 1 saturated heterocycles. The van der Waals surface area contributed by atoms with Crippen molar-refractivity contribution in [1.29, 1.82) is 0 Å². The van der Waals surface area contributed by atoms with Crippen LogP contribution in [0.1, 0.15) is 27.2 Å². The molecule has 0 radical (unpaired) electrons. The van der Waals surface area contributed by atoms with Gasteiger partial charge in [0.05, 0.1) is 12.7 Å². The van der Waals surface area contributed by atoms with Crippen LogP contribution in [0.2, 0.25) is 0 Å². The van der Waals surface area contributed by atoms with Gasteiger partial charge in [-0.1, -0.05) is 32.0 Å². The van der Waals surface area contributed by atoms with Crippen LogP contribution in [0.5, 0.6) is 0 Å². The fraction of sp³-hybridized carbons (Fsp3) is 0.571. The molecular weight excluding hydrogens is 216 g/mol. The Bertz CT molecular complexity index is 338. The summed E-state index contributed by atoms with van der Waals surface area (Å²) in [5, 5.41) is 0. The molecule has 1 heterocycles. The first-order chi connectivity index (χ1) is 7.65. The maximum atomic E-state index is 5.75. The Hall–Kier alpha value is -0.470. The summed E-state index contributed by atoms with van der Waals surface area (Å²) in [7, 11) is 0. The van der Waals surface area contributed by atoms with Crippen molar-refractivity contribution in [3.8, 4) is 0 Å². The van der Waals surface area contributed by atoms with E-state index in [0.29, 0.717) is 12.0 Å². The minimum Gasteiger partial charge on any atom is -0.376 e. The van der Waals surface area contributed by atoms with Crippen LogP contribution < -0.4 is 0 Å². The van der Waals surface area contributed by atoms with Crippen LogP contribution in [0.3, 0.4) is 0 Å². The topological polar surface area (TPSA) is 9.23 Å². The zero-order valence-corrected chi connectivity index (χ0v) is 11.1. The predicted octanol–water partition coefficient (Wildman–Crippen LogP) is 3.98. The van der Waals surface area contributed by atoms with Gasteiger partial charge < -0.3 is 4.74 Å². The number of rotatable bonds is 4. The van der Waals surface area contributed by atoms with E-state index < -0.39 is 0 Å². The monoisotopic (exact) mass is 236 g/mol. The molecule has 16 heavy (non-hydrogen) atoms. The molecule has 1 aliphatic rings. The summed E-state index contributed by atoms with van der Waals surface area (Å²) in [4.78, 5) is 1.34. The average Bonchev–Trinajstić information content (AvgIpc) is 2.28. The van der Waals surface area contributed by atoms with E-state index in [2.05, 4.69) is 51.1 Å². The lowest BCUT2D eigenvalue weighted by Gasteiger charge is -2.46. The third kappa shape index (κ3) is 2.28. The number of benzene rings is 1. The fourth-order valence-corrected chi connectivity index (χ4v) is 3.64. The third-order valence-electron chi connectivity index (χ3n) is 3.45. The van der Waals surface area contributed by atoms with Crippen molar-refractivity contribution in [1.82, 2.24) is 0 Å². The van der Waals surface area contributed by atoms with E-state index in [1.165, 1.54) is 4.90 Å². The molecule has 0 amide bonds. The Kier molecular flexibility index (Phi) is 3.60. The minimum atomic E-state index is 0.207. The summed E-state index contributed by atoms with van der Waals surface area (Å²) >= 11 is 1.95. The summed E-state index contributed by atoms with van der Waals surface area (Å²) in [5.41, 5.74) is 0. The van der Waals surface area contributed by atoms with Crippen molar-refractivity contribution in [2.45, 2.75) is 42.9 Å². The quantitative estimate of drug-likeness (QED) is 0.731. The Balaban J connectivity index is 2.10. The number of hydrogen-bond acceptors (Lipinski definition) is 2. The van der Waals surface area contributed by atoms with E-state index in [1.54, 1.807) is 0 Å². The maximum absolute atomic E-state index is 5.75. The molecule has 0 saturated carbocycles. The molecule has 0 unspecified atom stereocenters. The van der Waals surface area contributed by atoms with E-state index >= 15 is 0 Å². The molecule has 3 atom stereocenters. The first kappa shape index (κ1) is 12.0. The number of hydrogen-bond donors (Lipinski definition) is 0. The largest absolute Gasteiger partial charge is 0.376 e. The Morgan fingerprint density at radius 2 is 2.06 bits per heavy atom. The maximum Gasteiger partial charge on any atom is 0.0769 e. The SMILES string of the molecule is CC[C@@](C)(Sc1ccccc1)[C@H]1OC[C@@H]1C. The summed E-state index contributed by atoms with van der Waals surface area (Å²) in [6, 6.07) is 10.6. The molecule has 88 valence electrons. The van der Waals surface area contributed by atoms with Crippen LogP contribution in [-0.4, -0.2) is 17.5 Å². The molecule has 1 aliphatic heterocycles. The van der Waals surface area contributed by atoms with E-state index in [4.69, 9.17) is 4.74 Å². The molecule has 1 nitrogen and oxygen atoms in total. The van der Waals surface area contributed by atoms with Crippen molar-refractivity contribution in [3.05, 3.63) is 30.3 Å². The molecule has 1 fully saturated rings. The zero-order chi connectivity index (χ0) is 11.6. The van der Waals surface area contributed by atoms with Gasteiger partial charge in [-0.15, -0.1) is 11.8 Å². The molecular formula is C14H20OS. The molecule has 0 spiro atoms. The van der Waals surface area contributed by atoms with Crippen molar-refractivity contribution in [2.24, 2.45) is 5.92 Å². The Labute approximate surface area is 103 Å². The minimum absolute atomic E-state index is 0.207. The lowest BCUT2D eigenvalue weighted by Crippen LogP contribution is -2.51. The van der Waals surface area contributed by atoms with Crippen LogP contribution in [0.4, 0.5) is 0 Å². The smallest absolute Gasteiger partial charge is 0.0769 e. The highest BCUT2D eigenvalue weighted by Gasteiger charge is 2.43. The van der Waals surface area contributed by atoms with E-state index in [1.807, 2.05) is 11.8 Å². The van der Waals surface area contributed by atoms with Crippen molar-refractivity contribution in [3.63, 3.8) is 0 Å². The van der Waals surface area contributed by atoms with Crippen LogP contribution in [0.25, 0.3) is 0 Å². The van der Waals surface area contributed by atoms with Gasteiger partial charge in [0.25, 0.3) is 0 Å². The van der Waals surface area contributed by atoms with Crippen LogP contribution in [0, 0.1) is 5.92 Å². The van der Waals surface area contributed by atoms with Gasteiger partial charge in [-0.25, -0.2) is 0 Å². The summed E-state index contributed by atoms with van der Waals surface area (Å²) in [5.74, 6) is 0.696. The molecule has 1 aromatic rings. The number of thioether (sulfide) groups is 1. The standard InChI is InChI=1S/C14H20OS/c1-4-14(3,13-11(2)10-15-13)16-12-8-6-5-7-9-12/h5-9,11,13H,4,10H2,1-3H3/t11-,13-,14+/m0/s1. The second-order valence-electron chi connectivity index (χ2n) is 4.81. The van der Waals surface area contributed by atoms with E-state index in [9.17, 15) is 0 Å². The predicted molar refractivity (Wildman–Crippen MR) is 69.9 cm³/mol. The molecule has 1 aromatic carbocycles. The molecule has 0 aliphatic carbocycles. The second kappa shape index (κ2) is 4.80. The van der Waals surface area contributed by atoms with Gasteiger partial charge in [-0.3, -0.25) is 0 Å². The van der Waals surface area contributed by atoms with Gasteiger partial charge in [0.15, 0.2) is 0 Å². The molecule has 2 heteroatoms. The van der Waals surface area contributed by atoms with Gasteiger partial charge in [0, 0.05) is 15.6 Å². The fourth-order valence-electron chi connectivity index (χ4n) is 2.25. The second-order valence-corrected chi connectivity index (χ2v) is 6.42. The Morgan fingerprint density at radius 1 is 1.38 bits per heavy atom. The van der Waals surface area contributed by atoms with Crippen LogP contribution in [-0.2, 0) is 4.74 Å². The lowest BCUT2D eigenvalue weighted by atomic mass is 9.87. The van der Waals surface area contributed by atoms with E-state index in [-0.39, 0.29) is 4.75 Å². The van der Waals surface area contributed by atoms with Crippen molar-refractivity contribution in [2.75, 3.05) is 6.61 Å². The number of ether oxygens (including phenoxy) is 1. The normalized spacial score (nSPS) is 28.2. The van der Waals surface area contributed by atoms with E-state index in [0.717, 1.165) is 13.0 Å². The summed E-state index contributed by atoms with van der Waals surface area (Å²) < 4.78 is 5.96. The average molecular weight is 236 g/mol. The molecule has 2 rings (SSSR count). The van der Waals surface area contributed by atoms with Crippen LogP contribution in [0.15, 0.2) is 35.2 Å². The summed E-state index contributed by atoms with van der Waals surface area (Å²) in [6.45, 7) is 7.79. The van der Waals surface area contributed by atoms with Gasteiger partial charge in [0.2, 0.25) is 0 Å². The van der Waals surface area contributed by atoms with Crippen LogP contribution >= 0.6 is 11.8 Å². The van der Waals surface area contributed by atoms with Crippen molar-refractivity contribution < 1.29 is 4.74 Å².